The van der Waals surface area contributed by atoms with Gasteiger partial charge < -0.3 is 10.4 Å². The second kappa shape index (κ2) is 8.47. The van der Waals surface area contributed by atoms with Crippen molar-refractivity contribution in [3.05, 3.63) is 18.0 Å². The summed E-state index contributed by atoms with van der Waals surface area (Å²) in [5.41, 5.74) is 0.876. The number of anilines is 1. The number of hydrogen-bond acceptors (Lipinski definition) is 5. The molecule has 0 aromatic carbocycles. The Balaban J connectivity index is 2.53. The van der Waals surface area contributed by atoms with E-state index in [0.29, 0.717) is 12.5 Å². The van der Waals surface area contributed by atoms with Crippen LogP contribution in [0.5, 0.6) is 0 Å². The summed E-state index contributed by atoms with van der Waals surface area (Å²) in [6, 6.07) is -0.544. The Morgan fingerprint density at radius 3 is 2.50 bits per heavy atom. The van der Waals surface area contributed by atoms with E-state index in [9.17, 15) is 9.90 Å². The highest BCUT2D eigenvalue weighted by Crippen LogP contribution is 2.09. The number of nitrogens with one attached hydrogen (secondary N) is 2. The molecule has 3 N–H and O–H groups in total. The second-order valence-electron chi connectivity index (χ2n) is 4.92. The van der Waals surface area contributed by atoms with E-state index in [2.05, 4.69) is 27.5 Å². The molecule has 0 fully saturated rings. The van der Waals surface area contributed by atoms with Crippen molar-refractivity contribution >= 4 is 11.9 Å². The third-order valence-corrected chi connectivity index (χ3v) is 3.24. The third-order valence-electron chi connectivity index (χ3n) is 3.24. The largest absolute Gasteiger partial charge is 0.480 e. The predicted octanol–water partition coefficient (Wildman–Crippen LogP) is 1.89. The van der Waals surface area contributed by atoms with Gasteiger partial charge in [0.15, 0.2) is 0 Å². The zero-order valence-corrected chi connectivity index (χ0v) is 12.4. The van der Waals surface area contributed by atoms with Crippen LogP contribution in [0.3, 0.4) is 0 Å². The van der Waals surface area contributed by atoms with Crippen molar-refractivity contribution in [3.63, 3.8) is 0 Å². The maximum Gasteiger partial charge on any atom is 0.320 e. The van der Waals surface area contributed by atoms with Crippen LogP contribution in [0.25, 0.3) is 0 Å². The van der Waals surface area contributed by atoms with E-state index in [-0.39, 0.29) is 5.92 Å². The quantitative estimate of drug-likeness (QED) is 0.640. The molecule has 112 valence electrons. The molecule has 1 rings (SSSR count). The van der Waals surface area contributed by atoms with Gasteiger partial charge in [0, 0.05) is 31.0 Å². The van der Waals surface area contributed by atoms with Crippen LogP contribution >= 0.6 is 0 Å². The van der Waals surface area contributed by atoms with Crippen molar-refractivity contribution in [1.82, 2.24) is 15.3 Å². The Kier molecular flexibility index (Phi) is 6.93. The van der Waals surface area contributed by atoms with Gasteiger partial charge in [0.1, 0.15) is 6.04 Å². The lowest BCUT2D eigenvalue weighted by molar-refractivity contribution is -0.140. The van der Waals surface area contributed by atoms with Crippen LogP contribution in [0.15, 0.2) is 12.4 Å². The van der Waals surface area contributed by atoms with Crippen LogP contribution in [0.1, 0.15) is 39.2 Å². The van der Waals surface area contributed by atoms with Crippen molar-refractivity contribution < 1.29 is 9.90 Å². The van der Waals surface area contributed by atoms with Crippen molar-refractivity contribution in [1.29, 1.82) is 0 Å². The fourth-order valence-corrected chi connectivity index (χ4v) is 1.77. The Labute approximate surface area is 120 Å². The molecule has 1 heterocycles. The molecule has 0 saturated carbocycles. The second-order valence-corrected chi connectivity index (χ2v) is 4.92. The summed E-state index contributed by atoms with van der Waals surface area (Å²) in [5, 5.41) is 15.3. The molecule has 0 radical (unpaired) electrons. The summed E-state index contributed by atoms with van der Waals surface area (Å²) >= 11 is 0. The summed E-state index contributed by atoms with van der Waals surface area (Å²) in [5.74, 6) is -0.132. The molecule has 0 bridgehead atoms. The minimum atomic E-state index is -0.818. The number of carboxylic acids is 1. The number of aliphatic carboxylic acids is 1. The highest BCUT2D eigenvalue weighted by atomic mass is 16.4. The molecule has 0 amide bonds. The zero-order valence-electron chi connectivity index (χ0n) is 12.4. The van der Waals surface area contributed by atoms with Gasteiger partial charge in [-0.3, -0.25) is 10.1 Å². The average molecular weight is 280 g/mol. The molecule has 0 aliphatic heterocycles. The number of rotatable bonds is 9. The Hall–Kier alpha value is -1.69. The van der Waals surface area contributed by atoms with E-state index < -0.39 is 12.0 Å². The fourth-order valence-electron chi connectivity index (χ4n) is 1.77. The lowest BCUT2D eigenvalue weighted by Gasteiger charge is -2.20. The minimum Gasteiger partial charge on any atom is -0.480 e. The van der Waals surface area contributed by atoms with Crippen LogP contribution in [0, 0.1) is 5.92 Å². The summed E-state index contributed by atoms with van der Waals surface area (Å²) in [6.07, 6.45) is 5.27. The summed E-state index contributed by atoms with van der Waals surface area (Å²) in [4.78, 5) is 19.6. The van der Waals surface area contributed by atoms with Crippen molar-refractivity contribution in [2.24, 2.45) is 5.92 Å². The normalized spacial score (nSPS) is 13.8. The van der Waals surface area contributed by atoms with Gasteiger partial charge >= 0.3 is 5.97 Å². The van der Waals surface area contributed by atoms with E-state index >= 15 is 0 Å². The van der Waals surface area contributed by atoms with Gasteiger partial charge in [-0.05, 0) is 12.3 Å². The number of aromatic nitrogens is 2. The highest BCUT2D eigenvalue weighted by molar-refractivity contribution is 5.73. The molecule has 1 aromatic rings. The van der Waals surface area contributed by atoms with Gasteiger partial charge in [-0.2, -0.15) is 0 Å². The van der Waals surface area contributed by atoms with E-state index in [0.717, 1.165) is 24.9 Å². The molecular weight excluding hydrogens is 256 g/mol. The monoisotopic (exact) mass is 280 g/mol. The maximum absolute atomic E-state index is 11.2. The Bertz CT molecular complexity index is 408. The molecule has 6 nitrogen and oxygen atoms in total. The van der Waals surface area contributed by atoms with Crippen molar-refractivity contribution in [2.75, 3.05) is 11.9 Å². The first-order valence-corrected chi connectivity index (χ1v) is 7.09. The molecule has 0 saturated heterocycles. The minimum absolute atomic E-state index is 0.0823. The van der Waals surface area contributed by atoms with Crippen LogP contribution in [-0.2, 0) is 11.3 Å². The van der Waals surface area contributed by atoms with E-state index in [4.69, 9.17) is 0 Å². The molecule has 20 heavy (non-hydrogen) atoms. The molecule has 0 spiro atoms. The first-order chi connectivity index (χ1) is 9.58. The van der Waals surface area contributed by atoms with Gasteiger partial charge in [-0.1, -0.05) is 27.2 Å². The Morgan fingerprint density at radius 2 is 2.00 bits per heavy atom. The van der Waals surface area contributed by atoms with Crippen LogP contribution in [0.4, 0.5) is 5.95 Å². The summed E-state index contributed by atoms with van der Waals surface area (Å²) in [6.45, 7) is 7.29. The molecule has 1 aromatic heterocycles. The molecule has 0 aliphatic rings. The standard InChI is InChI=1S/C14H24N4O2/c1-4-6-15-14-17-8-11(9-18-14)7-16-12(13(19)20)10(3)5-2/h8-10,12,16H,4-7H2,1-3H3,(H,19,20)(H,15,17,18). The van der Waals surface area contributed by atoms with Gasteiger partial charge in [0.05, 0.1) is 0 Å². The topological polar surface area (TPSA) is 87.1 Å². The van der Waals surface area contributed by atoms with Crippen LogP contribution in [-0.4, -0.2) is 33.6 Å². The fraction of sp³-hybridized carbons (Fsp3) is 0.643. The first kappa shape index (κ1) is 16.4. The maximum atomic E-state index is 11.2. The van der Waals surface area contributed by atoms with Crippen LogP contribution < -0.4 is 10.6 Å². The van der Waals surface area contributed by atoms with E-state index in [1.807, 2.05) is 13.8 Å². The smallest absolute Gasteiger partial charge is 0.320 e. The number of nitrogens with zero attached hydrogens (tertiary/aromatic N) is 2. The summed E-state index contributed by atoms with van der Waals surface area (Å²) < 4.78 is 0. The predicted molar refractivity (Wildman–Crippen MR) is 78.5 cm³/mol. The first-order valence-electron chi connectivity index (χ1n) is 7.09. The number of carbonyl (C=O) groups is 1. The van der Waals surface area contributed by atoms with E-state index in [1.54, 1.807) is 12.4 Å². The molecular formula is C14H24N4O2. The summed E-state index contributed by atoms with van der Waals surface area (Å²) in [7, 11) is 0. The highest BCUT2D eigenvalue weighted by Gasteiger charge is 2.22. The lowest BCUT2D eigenvalue weighted by Crippen LogP contribution is -2.41. The van der Waals surface area contributed by atoms with E-state index in [1.165, 1.54) is 0 Å². The van der Waals surface area contributed by atoms with Gasteiger partial charge in [-0.25, -0.2) is 9.97 Å². The Morgan fingerprint density at radius 1 is 1.35 bits per heavy atom. The number of hydrogen-bond donors (Lipinski definition) is 3. The lowest BCUT2D eigenvalue weighted by atomic mass is 9.99. The molecule has 6 heteroatoms. The molecule has 2 unspecified atom stereocenters. The number of carboxylic acid groups (broad SMARTS) is 1. The van der Waals surface area contributed by atoms with Crippen molar-refractivity contribution in [2.45, 2.75) is 46.2 Å². The molecule has 2 atom stereocenters. The zero-order chi connectivity index (χ0) is 15.0. The van der Waals surface area contributed by atoms with Gasteiger partial charge in [-0.15, -0.1) is 0 Å². The van der Waals surface area contributed by atoms with Gasteiger partial charge in [0.2, 0.25) is 5.95 Å². The molecule has 0 aliphatic carbocycles. The third kappa shape index (κ3) is 5.13. The van der Waals surface area contributed by atoms with Crippen molar-refractivity contribution in [3.8, 4) is 0 Å². The average Bonchev–Trinajstić information content (AvgIpc) is 2.45. The SMILES string of the molecule is CCCNc1ncc(CNC(C(=O)O)C(C)CC)cn1. The van der Waals surface area contributed by atoms with Crippen LogP contribution in [0.2, 0.25) is 0 Å². The van der Waals surface area contributed by atoms with Gasteiger partial charge in [0.25, 0.3) is 0 Å².